The average molecular weight is 282 g/mol. The molecule has 0 radical (unpaired) electrons. The van der Waals surface area contributed by atoms with Gasteiger partial charge < -0.3 is 8.98 Å². The molecule has 0 bridgehead atoms. The van der Waals surface area contributed by atoms with Gasteiger partial charge in [-0.15, -0.1) is 0 Å². The molecule has 0 aliphatic heterocycles. The summed E-state index contributed by atoms with van der Waals surface area (Å²) in [6.07, 6.45) is 0.502. The van der Waals surface area contributed by atoms with E-state index in [9.17, 15) is 9.59 Å². The summed E-state index contributed by atoms with van der Waals surface area (Å²) in [5.74, 6) is -0.674. The minimum absolute atomic E-state index is 0.209. The van der Waals surface area contributed by atoms with Crippen LogP contribution in [0.1, 0.15) is 12.6 Å². The Hall–Kier alpha value is -2.69. The summed E-state index contributed by atoms with van der Waals surface area (Å²) in [6.45, 7) is 1.85. The maximum Gasteiger partial charge on any atom is 0.439 e. The first-order chi connectivity index (χ1) is 10.1. The topological polar surface area (TPSA) is 65.1 Å². The Kier molecular flexibility index (Phi) is 3.17. The first-order valence-corrected chi connectivity index (χ1v) is 6.71. The molecule has 0 fully saturated rings. The van der Waals surface area contributed by atoms with Gasteiger partial charge in [-0.05, 0) is 12.0 Å². The van der Waals surface area contributed by atoms with Crippen molar-refractivity contribution in [2.24, 2.45) is 7.05 Å². The molecule has 0 atom stereocenters. The van der Waals surface area contributed by atoms with Crippen molar-refractivity contribution < 1.29 is 4.42 Å². The first kappa shape index (κ1) is 13.3. The van der Waals surface area contributed by atoms with E-state index in [0.717, 1.165) is 5.56 Å². The van der Waals surface area contributed by atoms with Gasteiger partial charge in [-0.2, -0.15) is 4.98 Å². The van der Waals surface area contributed by atoms with E-state index in [1.54, 1.807) is 17.7 Å². The zero-order valence-corrected chi connectivity index (χ0v) is 11.8. The van der Waals surface area contributed by atoms with E-state index in [1.807, 2.05) is 37.3 Å². The van der Waals surface area contributed by atoms with Crippen LogP contribution in [0.4, 0.5) is 0 Å². The van der Waals surface area contributed by atoms with Crippen molar-refractivity contribution in [3.8, 4) is 11.3 Å². The van der Waals surface area contributed by atoms with Crippen molar-refractivity contribution >= 4 is 11.0 Å². The number of fused-ring (bicyclic) bond motifs is 1. The molecule has 0 amide bonds. The van der Waals surface area contributed by atoms with Crippen LogP contribution in [-0.2, 0) is 13.5 Å². The first-order valence-electron chi connectivity index (χ1n) is 6.71. The van der Waals surface area contributed by atoms with E-state index < -0.39 is 5.76 Å². The highest BCUT2D eigenvalue weighted by Crippen LogP contribution is 2.21. The van der Waals surface area contributed by atoms with Crippen LogP contribution in [0.3, 0.4) is 0 Å². The van der Waals surface area contributed by atoms with Gasteiger partial charge in [0.1, 0.15) is 11.0 Å². The highest BCUT2D eigenvalue weighted by Gasteiger charge is 2.14. The molecule has 0 unspecified atom stereocenters. The molecule has 0 aliphatic rings. The molecule has 0 spiro atoms. The zero-order chi connectivity index (χ0) is 15.0. The van der Waals surface area contributed by atoms with Crippen LogP contribution in [0.15, 0.2) is 50.4 Å². The van der Waals surface area contributed by atoms with Crippen LogP contribution in [0, 0.1) is 0 Å². The SMILES string of the molecule is CCc1nc(=O)oc2cc(-c3ccccc3)n(C)c(=O)c12. The van der Waals surface area contributed by atoms with E-state index >= 15 is 0 Å². The van der Waals surface area contributed by atoms with Crippen LogP contribution in [0.25, 0.3) is 22.2 Å². The molecular formula is C16H14N2O3. The third-order valence-corrected chi connectivity index (χ3v) is 3.51. The van der Waals surface area contributed by atoms with Crippen LogP contribution < -0.4 is 11.3 Å². The number of nitrogens with zero attached hydrogens (tertiary/aromatic N) is 2. The molecular weight excluding hydrogens is 268 g/mol. The van der Waals surface area contributed by atoms with Crippen molar-refractivity contribution in [2.75, 3.05) is 0 Å². The fourth-order valence-corrected chi connectivity index (χ4v) is 2.45. The van der Waals surface area contributed by atoms with Crippen LogP contribution in [0.2, 0.25) is 0 Å². The highest BCUT2D eigenvalue weighted by atomic mass is 16.4. The van der Waals surface area contributed by atoms with Gasteiger partial charge in [0.15, 0.2) is 0 Å². The molecule has 106 valence electrons. The van der Waals surface area contributed by atoms with Gasteiger partial charge in [0.25, 0.3) is 5.56 Å². The number of benzene rings is 1. The number of hydrogen-bond donors (Lipinski definition) is 0. The molecule has 3 rings (SSSR count). The van der Waals surface area contributed by atoms with E-state index in [-0.39, 0.29) is 11.1 Å². The molecule has 1 aromatic carbocycles. The number of aryl methyl sites for hydroxylation is 1. The summed E-state index contributed by atoms with van der Waals surface area (Å²) in [4.78, 5) is 27.9. The van der Waals surface area contributed by atoms with Crippen molar-refractivity contribution in [1.29, 1.82) is 0 Å². The lowest BCUT2D eigenvalue weighted by Gasteiger charge is -2.10. The van der Waals surface area contributed by atoms with Crippen molar-refractivity contribution in [3.63, 3.8) is 0 Å². The summed E-state index contributed by atoms with van der Waals surface area (Å²) in [7, 11) is 1.70. The second-order valence-electron chi connectivity index (χ2n) is 4.78. The fourth-order valence-electron chi connectivity index (χ4n) is 2.45. The minimum atomic E-state index is -0.674. The van der Waals surface area contributed by atoms with Crippen molar-refractivity contribution in [3.05, 3.63) is 63.0 Å². The lowest BCUT2D eigenvalue weighted by Crippen LogP contribution is -2.22. The lowest BCUT2D eigenvalue weighted by atomic mass is 10.1. The molecule has 0 N–H and O–H groups in total. The predicted octanol–water partition coefficient (Wildman–Crippen LogP) is 2.12. The molecule has 21 heavy (non-hydrogen) atoms. The zero-order valence-electron chi connectivity index (χ0n) is 11.8. The maximum atomic E-state index is 12.6. The summed E-state index contributed by atoms with van der Waals surface area (Å²) < 4.78 is 6.68. The third-order valence-electron chi connectivity index (χ3n) is 3.51. The number of aromatic nitrogens is 2. The largest absolute Gasteiger partial charge is 0.439 e. The smallest absolute Gasteiger partial charge is 0.408 e. The second kappa shape index (κ2) is 5.01. The Balaban J connectivity index is 2.44. The Morgan fingerprint density at radius 1 is 1.19 bits per heavy atom. The van der Waals surface area contributed by atoms with Crippen molar-refractivity contribution in [2.45, 2.75) is 13.3 Å². The Morgan fingerprint density at radius 3 is 2.57 bits per heavy atom. The molecule has 0 saturated heterocycles. The van der Waals surface area contributed by atoms with Gasteiger partial charge in [-0.1, -0.05) is 37.3 Å². The van der Waals surface area contributed by atoms with Gasteiger partial charge in [0, 0.05) is 13.1 Å². The summed E-state index contributed by atoms with van der Waals surface area (Å²) >= 11 is 0. The molecule has 5 heteroatoms. The summed E-state index contributed by atoms with van der Waals surface area (Å²) in [5.41, 5.74) is 2.13. The standard InChI is InChI=1S/C16H14N2O3/c1-3-11-14-13(21-16(20)17-11)9-12(18(2)15(14)19)10-7-5-4-6-8-10/h4-9H,3H2,1-2H3. The number of hydrogen-bond acceptors (Lipinski definition) is 4. The fraction of sp³-hybridized carbons (Fsp3) is 0.188. The van der Waals surface area contributed by atoms with E-state index in [4.69, 9.17) is 4.42 Å². The quantitative estimate of drug-likeness (QED) is 0.722. The second-order valence-corrected chi connectivity index (χ2v) is 4.78. The van der Waals surface area contributed by atoms with Crippen LogP contribution >= 0.6 is 0 Å². The van der Waals surface area contributed by atoms with Gasteiger partial charge in [0.2, 0.25) is 0 Å². The number of rotatable bonds is 2. The van der Waals surface area contributed by atoms with Gasteiger partial charge in [-0.25, -0.2) is 4.79 Å². The molecule has 3 aromatic rings. The molecule has 2 heterocycles. The maximum absolute atomic E-state index is 12.6. The van der Waals surface area contributed by atoms with E-state index in [0.29, 0.717) is 23.2 Å². The lowest BCUT2D eigenvalue weighted by molar-refractivity contribution is 0.525. The Morgan fingerprint density at radius 2 is 1.90 bits per heavy atom. The van der Waals surface area contributed by atoms with Crippen molar-refractivity contribution in [1.82, 2.24) is 9.55 Å². The summed E-state index contributed by atoms with van der Waals surface area (Å²) in [6, 6.07) is 11.2. The highest BCUT2D eigenvalue weighted by molar-refractivity contribution is 5.82. The third kappa shape index (κ3) is 2.16. The Labute approximate surface area is 120 Å². The van der Waals surface area contributed by atoms with E-state index in [2.05, 4.69) is 4.98 Å². The van der Waals surface area contributed by atoms with E-state index in [1.165, 1.54) is 0 Å². The summed E-state index contributed by atoms with van der Waals surface area (Å²) in [5, 5.41) is 0.374. The average Bonchev–Trinajstić information content (AvgIpc) is 2.50. The molecule has 0 saturated carbocycles. The van der Waals surface area contributed by atoms with Crippen LogP contribution in [-0.4, -0.2) is 9.55 Å². The Bertz CT molecular complexity index is 924. The minimum Gasteiger partial charge on any atom is -0.408 e. The monoisotopic (exact) mass is 282 g/mol. The van der Waals surface area contributed by atoms with Gasteiger partial charge in [0.05, 0.1) is 11.4 Å². The van der Waals surface area contributed by atoms with Gasteiger partial charge >= 0.3 is 5.76 Å². The molecule has 5 nitrogen and oxygen atoms in total. The predicted molar refractivity (Wildman–Crippen MR) is 80.3 cm³/mol. The normalized spacial score (nSPS) is 11.0. The molecule has 0 aliphatic carbocycles. The van der Waals surface area contributed by atoms with Gasteiger partial charge in [-0.3, -0.25) is 4.79 Å². The number of pyridine rings is 1. The molecule has 2 aromatic heterocycles. The van der Waals surface area contributed by atoms with Crippen LogP contribution in [0.5, 0.6) is 0 Å².